The van der Waals surface area contributed by atoms with Crippen LogP contribution in [-0.2, 0) is 11.2 Å². The number of benzene rings is 1. The standard InChI is InChI=1S/C28H41N3O2/c1-18(2)12-21-14-24(15-21)28-30-29-27(31(28)25-9-10-25)23(6-5-11-32)17-26(33)16-22-8-7-19(3)13-20(22)4/h7-8,13,18,21,23-25,32H,5-6,9-12,14-17H2,1-4H3/t21?,23-,24?/m1/s1. The molecule has 1 atom stereocenters. The molecular weight excluding hydrogens is 410 g/mol. The molecule has 0 radical (unpaired) electrons. The molecule has 2 aliphatic carbocycles. The van der Waals surface area contributed by atoms with Gasteiger partial charge in [-0.05, 0) is 81.8 Å². The van der Waals surface area contributed by atoms with E-state index in [-0.39, 0.29) is 18.3 Å². The Kier molecular flexibility index (Phi) is 7.68. The van der Waals surface area contributed by atoms with Gasteiger partial charge in [0, 0.05) is 37.3 Å². The van der Waals surface area contributed by atoms with E-state index in [1.165, 1.54) is 43.2 Å². The van der Waals surface area contributed by atoms with Crippen molar-refractivity contribution in [3.05, 3.63) is 46.5 Å². The number of rotatable bonds is 12. The van der Waals surface area contributed by atoms with Gasteiger partial charge in [0.15, 0.2) is 0 Å². The minimum atomic E-state index is 0.0313. The zero-order valence-corrected chi connectivity index (χ0v) is 20.9. The van der Waals surface area contributed by atoms with Gasteiger partial charge in [-0.25, -0.2) is 0 Å². The number of hydrogen-bond donors (Lipinski definition) is 1. The Labute approximate surface area is 199 Å². The van der Waals surface area contributed by atoms with Crippen LogP contribution < -0.4 is 0 Å². The molecule has 1 N–H and O–H groups in total. The molecule has 2 fully saturated rings. The second kappa shape index (κ2) is 10.5. The van der Waals surface area contributed by atoms with Gasteiger partial charge in [-0.3, -0.25) is 4.79 Å². The van der Waals surface area contributed by atoms with Crippen molar-refractivity contribution in [1.29, 1.82) is 0 Å². The van der Waals surface area contributed by atoms with Crippen molar-refractivity contribution in [2.24, 2.45) is 11.8 Å². The maximum atomic E-state index is 13.1. The summed E-state index contributed by atoms with van der Waals surface area (Å²) in [7, 11) is 0. The fraction of sp³-hybridized carbons (Fsp3) is 0.679. The lowest BCUT2D eigenvalue weighted by molar-refractivity contribution is -0.118. The van der Waals surface area contributed by atoms with Crippen molar-refractivity contribution in [2.75, 3.05) is 6.61 Å². The van der Waals surface area contributed by atoms with Crippen LogP contribution in [0.15, 0.2) is 18.2 Å². The molecule has 2 aromatic rings. The van der Waals surface area contributed by atoms with Crippen molar-refractivity contribution in [1.82, 2.24) is 14.8 Å². The van der Waals surface area contributed by atoms with E-state index in [1.807, 2.05) is 0 Å². The Balaban J connectivity index is 1.50. The zero-order chi connectivity index (χ0) is 23.5. The second-order valence-corrected chi connectivity index (χ2v) is 11.1. The molecule has 1 aromatic heterocycles. The number of aromatic nitrogens is 3. The molecule has 33 heavy (non-hydrogen) atoms. The van der Waals surface area contributed by atoms with E-state index in [4.69, 9.17) is 5.10 Å². The van der Waals surface area contributed by atoms with Crippen LogP contribution in [0.2, 0.25) is 0 Å². The molecule has 0 saturated heterocycles. The Morgan fingerprint density at radius 3 is 2.58 bits per heavy atom. The number of aryl methyl sites for hydroxylation is 2. The van der Waals surface area contributed by atoms with Crippen LogP contribution in [0.1, 0.15) is 111 Å². The predicted octanol–water partition coefficient (Wildman–Crippen LogP) is 5.83. The minimum Gasteiger partial charge on any atom is -0.396 e. The number of nitrogens with zero attached hydrogens (tertiary/aromatic N) is 3. The van der Waals surface area contributed by atoms with E-state index < -0.39 is 0 Å². The maximum absolute atomic E-state index is 13.1. The number of carbonyl (C=O) groups is 1. The fourth-order valence-electron chi connectivity index (χ4n) is 5.65. The largest absolute Gasteiger partial charge is 0.396 e. The summed E-state index contributed by atoms with van der Waals surface area (Å²) in [6, 6.07) is 6.81. The van der Waals surface area contributed by atoms with Crippen LogP contribution in [0.3, 0.4) is 0 Å². The van der Waals surface area contributed by atoms with Gasteiger partial charge in [-0.2, -0.15) is 0 Å². The fourth-order valence-corrected chi connectivity index (χ4v) is 5.65. The zero-order valence-electron chi connectivity index (χ0n) is 20.9. The molecule has 0 bridgehead atoms. The van der Waals surface area contributed by atoms with Gasteiger partial charge in [0.1, 0.15) is 17.4 Å². The molecule has 0 unspecified atom stereocenters. The van der Waals surface area contributed by atoms with Gasteiger partial charge >= 0.3 is 0 Å². The molecular formula is C28H41N3O2. The van der Waals surface area contributed by atoms with E-state index in [1.54, 1.807) is 0 Å². The smallest absolute Gasteiger partial charge is 0.138 e. The molecule has 0 amide bonds. The highest BCUT2D eigenvalue weighted by Crippen LogP contribution is 2.48. The molecule has 2 aliphatic rings. The maximum Gasteiger partial charge on any atom is 0.138 e. The SMILES string of the molecule is Cc1ccc(CC(=O)C[C@@H](CCCO)c2nnc(C3CC(CC(C)C)C3)n2C2CC2)c(C)c1. The van der Waals surface area contributed by atoms with Crippen molar-refractivity contribution >= 4 is 5.78 Å². The van der Waals surface area contributed by atoms with E-state index in [2.05, 4.69) is 55.6 Å². The number of hydrogen-bond acceptors (Lipinski definition) is 4. The second-order valence-electron chi connectivity index (χ2n) is 11.1. The Bertz CT molecular complexity index is 954. The molecule has 5 nitrogen and oxygen atoms in total. The average Bonchev–Trinajstić information content (AvgIpc) is 3.48. The highest BCUT2D eigenvalue weighted by molar-refractivity contribution is 5.82. The molecule has 2 saturated carbocycles. The van der Waals surface area contributed by atoms with E-state index in [0.717, 1.165) is 35.5 Å². The highest BCUT2D eigenvalue weighted by atomic mass is 16.2. The van der Waals surface area contributed by atoms with Crippen LogP contribution in [0.5, 0.6) is 0 Å². The molecule has 1 heterocycles. The van der Waals surface area contributed by atoms with Crippen molar-refractivity contribution in [3.63, 3.8) is 0 Å². The topological polar surface area (TPSA) is 68.0 Å². The Morgan fingerprint density at radius 2 is 1.94 bits per heavy atom. The van der Waals surface area contributed by atoms with Gasteiger partial charge in [-0.15, -0.1) is 10.2 Å². The number of carbonyl (C=O) groups excluding carboxylic acids is 1. The summed E-state index contributed by atoms with van der Waals surface area (Å²) in [6.07, 6.45) is 8.51. The van der Waals surface area contributed by atoms with E-state index >= 15 is 0 Å². The monoisotopic (exact) mass is 451 g/mol. The summed E-state index contributed by atoms with van der Waals surface area (Å²) in [5.74, 6) is 4.50. The molecule has 1 aromatic carbocycles. The summed E-state index contributed by atoms with van der Waals surface area (Å²) in [6.45, 7) is 8.92. The summed E-state index contributed by atoms with van der Waals surface area (Å²) < 4.78 is 2.41. The molecule has 5 heteroatoms. The quantitative estimate of drug-likeness (QED) is 0.441. The third-order valence-electron chi connectivity index (χ3n) is 7.50. The van der Waals surface area contributed by atoms with Gasteiger partial charge < -0.3 is 9.67 Å². The lowest BCUT2D eigenvalue weighted by Crippen LogP contribution is -2.26. The van der Waals surface area contributed by atoms with Crippen LogP contribution in [0, 0.1) is 25.7 Å². The molecule has 180 valence electrons. The normalized spacial score (nSPS) is 21.3. The summed E-state index contributed by atoms with van der Waals surface area (Å²) >= 11 is 0. The van der Waals surface area contributed by atoms with Gasteiger partial charge in [0.2, 0.25) is 0 Å². The third kappa shape index (κ3) is 5.92. The lowest BCUT2D eigenvalue weighted by Gasteiger charge is -2.36. The van der Waals surface area contributed by atoms with Gasteiger partial charge in [-0.1, -0.05) is 37.6 Å². The number of aliphatic hydroxyl groups excluding tert-OH is 1. The van der Waals surface area contributed by atoms with Crippen LogP contribution in [-0.4, -0.2) is 32.3 Å². The first-order chi connectivity index (χ1) is 15.9. The Hall–Kier alpha value is -2.01. The highest BCUT2D eigenvalue weighted by Gasteiger charge is 2.39. The predicted molar refractivity (Wildman–Crippen MR) is 132 cm³/mol. The first-order valence-electron chi connectivity index (χ1n) is 13.0. The third-order valence-corrected chi connectivity index (χ3v) is 7.50. The average molecular weight is 452 g/mol. The van der Waals surface area contributed by atoms with Crippen LogP contribution >= 0.6 is 0 Å². The van der Waals surface area contributed by atoms with E-state index in [0.29, 0.717) is 31.2 Å². The molecule has 0 aliphatic heterocycles. The first kappa shape index (κ1) is 24.1. The summed E-state index contributed by atoms with van der Waals surface area (Å²) in [5.41, 5.74) is 3.52. The molecule has 0 spiro atoms. The number of Topliss-reactive ketones (excluding diaryl/α,β-unsaturated/α-hetero) is 1. The number of aliphatic hydroxyl groups is 1. The number of ketones is 1. The Morgan fingerprint density at radius 1 is 1.18 bits per heavy atom. The van der Waals surface area contributed by atoms with Crippen LogP contribution in [0.25, 0.3) is 0 Å². The van der Waals surface area contributed by atoms with E-state index in [9.17, 15) is 9.90 Å². The molecule has 4 rings (SSSR count). The summed E-state index contributed by atoms with van der Waals surface area (Å²) in [5, 5.41) is 18.9. The lowest BCUT2D eigenvalue weighted by atomic mass is 9.71. The van der Waals surface area contributed by atoms with Crippen LogP contribution in [0.4, 0.5) is 0 Å². The minimum absolute atomic E-state index is 0.0313. The van der Waals surface area contributed by atoms with Gasteiger partial charge in [0.25, 0.3) is 0 Å². The first-order valence-corrected chi connectivity index (χ1v) is 13.0. The van der Waals surface area contributed by atoms with Crippen molar-refractivity contribution in [3.8, 4) is 0 Å². The summed E-state index contributed by atoms with van der Waals surface area (Å²) in [4.78, 5) is 13.1. The van der Waals surface area contributed by atoms with Crippen molar-refractivity contribution in [2.45, 2.75) is 103 Å². The van der Waals surface area contributed by atoms with Crippen molar-refractivity contribution < 1.29 is 9.90 Å². The van der Waals surface area contributed by atoms with Gasteiger partial charge in [0.05, 0.1) is 0 Å².